The van der Waals surface area contributed by atoms with Gasteiger partial charge in [0, 0.05) is 13.0 Å². The van der Waals surface area contributed by atoms with E-state index in [2.05, 4.69) is 5.32 Å². The molecular formula is C14H22N2O3. The molecule has 0 radical (unpaired) electrons. The maximum absolute atomic E-state index is 12.8. The number of rotatable bonds is 2. The van der Waals surface area contributed by atoms with Crippen molar-refractivity contribution in [1.29, 1.82) is 0 Å². The summed E-state index contributed by atoms with van der Waals surface area (Å²) < 4.78 is 5.86. The van der Waals surface area contributed by atoms with Gasteiger partial charge in [-0.1, -0.05) is 6.92 Å². The molecule has 106 valence electrons. The summed E-state index contributed by atoms with van der Waals surface area (Å²) in [5, 5.41) is 2.88. The fourth-order valence-corrected chi connectivity index (χ4v) is 3.56. The van der Waals surface area contributed by atoms with Crippen molar-refractivity contribution < 1.29 is 14.3 Å². The highest BCUT2D eigenvalue weighted by atomic mass is 16.5. The van der Waals surface area contributed by atoms with Gasteiger partial charge in [0.2, 0.25) is 11.8 Å². The third kappa shape index (κ3) is 2.04. The van der Waals surface area contributed by atoms with E-state index in [1.165, 1.54) is 0 Å². The minimum absolute atomic E-state index is 0.0238. The van der Waals surface area contributed by atoms with Crippen LogP contribution in [0.2, 0.25) is 0 Å². The number of hydrogen-bond acceptors (Lipinski definition) is 3. The van der Waals surface area contributed by atoms with Crippen LogP contribution in [0, 0.1) is 0 Å². The average Bonchev–Trinajstić information content (AvgIpc) is 2.98. The lowest BCUT2D eigenvalue weighted by molar-refractivity contribution is -0.141. The highest BCUT2D eigenvalue weighted by Crippen LogP contribution is 2.38. The Morgan fingerprint density at radius 2 is 2.21 bits per heavy atom. The Kier molecular flexibility index (Phi) is 3.04. The minimum Gasteiger partial charge on any atom is -0.373 e. The first-order chi connectivity index (χ1) is 9.03. The van der Waals surface area contributed by atoms with Crippen LogP contribution in [-0.4, -0.2) is 47.0 Å². The summed E-state index contributed by atoms with van der Waals surface area (Å²) in [7, 11) is 0. The molecule has 3 aliphatic rings. The third-order valence-corrected chi connectivity index (χ3v) is 4.91. The Labute approximate surface area is 113 Å². The SMILES string of the molecule is CCC1(C)NC(=O)CCN(C2CC3CCC2O3)C1=O. The molecule has 0 aromatic heterocycles. The van der Waals surface area contributed by atoms with Crippen LogP contribution in [0.5, 0.6) is 0 Å². The zero-order valence-corrected chi connectivity index (χ0v) is 11.6. The summed E-state index contributed by atoms with van der Waals surface area (Å²) in [6.45, 7) is 4.30. The standard InChI is InChI=1S/C14H22N2O3/c1-3-14(2)13(18)16(7-6-12(17)15-14)10-8-9-4-5-11(10)19-9/h9-11H,3-8H2,1-2H3,(H,15,17). The van der Waals surface area contributed by atoms with Crippen molar-refractivity contribution in [1.82, 2.24) is 10.2 Å². The third-order valence-electron chi connectivity index (χ3n) is 4.91. The summed E-state index contributed by atoms with van der Waals surface area (Å²) in [5.41, 5.74) is -0.755. The summed E-state index contributed by atoms with van der Waals surface area (Å²) in [6, 6.07) is 0.171. The highest BCUT2D eigenvalue weighted by Gasteiger charge is 2.49. The molecule has 3 saturated heterocycles. The van der Waals surface area contributed by atoms with Gasteiger partial charge in [-0.2, -0.15) is 0 Å². The molecule has 0 aromatic carbocycles. The van der Waals surface area contributed by atoms with Gasteiger partial charge in [0.25, 0.3) is 0 Å². The zero-order chi connectivity index (χ0) is 13.6. The molecule has 0 saturated carbocycles. The second-order valence-corrected chi connectivity index (χ2v) is 6.16. The first-order valence-electron chi connectivity index (χ1n) is 7.31. The largest absolute Gasteiger partial charge is 0.373 e. The van der Waals surface area contributed by atoms with E-state index in [0.29, 0.717) is 25.5 Å². The molecule has 5 heteroatoms. The Hall–Kier alpha value is -1.10. The van der Waals surface area contributed by atoms with Crippen LogP contribution in [0.25, 0.3) is 0 Å². The predicted octanol–water partition coefficient (Wildman–Crippen LogP) is 0.823. The molecule has 19 heavy (non-hydrogen) atoms. The lowest BCUT2D eigenvalue weighted by Crippen LogP contribution is -2.58. The van der Waals surface area contributed by atoms with E-state index in [-0.39, 0.29) is 24.0 Å². The molecule has 3 heterocycles. The van der Waals surface area contributed by atoms with Gasteiger partial charge >= 0.3 is 0 Å². The van der Waals surface area contributed by atoms with Crippen molar-refractivity contribution >= 4 is 11.8 Å². The number of fused-ring (bicyclic) bond motifs is 2. The molecule has 2 bridgehead atoms. The van der Waals surface area contributed by atoms with E-state index in [0.717, 1.165) is 19.3 Å². The van der Waals surface area contributed by atoms with Gasteiger partial charge in [-0.25, -0.2) is 0 Å². The van der Waals surface area contributed by atoms with Crippen molar-refractivity contribution in [3.05, 3.63) is 0 Å². The Balaban J connectivity index is 1.84. The van der Waals surface area contributed by atoms with Crippen LogP contribution < -0.4 is 5.32 Å². The van der Waals surface area contributed by atoms with Crippen LogP contribution in [-0.2, 0) is 14.3 Å². The van der Waals surface area contributed by atoms with Crippen LogP contribution in [0.1, 0.15) is 46.0 Å². The summed E-state index contributed by atoms with van der Waals surface area (Å²) in [4.78, 5) is 26.5. The van der Waals surface area contributed by atoms with Gasteiger partial charge in [-0.3, -0.25) is 9.59 Å². The van der Waals surface area contributed by atoms with Crippen molar-refractivity contribution in [3.63, 3.8) is 0 Å². The Morgan fingerprint density at radius 3 is 2.79 bits per heavy atom. The Bertz CT molecular complexity index is 411. The van der Waals surface area contributed by atoms with Gasteiger partial charge in [-0.05, 0) is 32.6 Å². The van der Waals surface area contributed by atoms with E-state index in [4.69, 9.17) is 4.74 Å². The maximum atomic E-state index is 12.8. The second-order valence-electron chi connectivity index (χ2n) is 6.16. The van der Waals surface area contributed by atoms with Gasteiger partial charge in [0.1, 0.15) is 5.54 Å². The van der Waals surface area contributed by atoms with Crippen molar-refractivity contribution in [2.45, 2.75) is 69.7 Å². The molecular weight excluding hydrogens is 244 g/mol. The van der Waals surface area contributed by atoms with Crippen LogP contribution in [0.4, 0.5) is 0 Å². The van der Waals surface area contributed by atoms with E-state index >= 15 is 0 Å². The van der Waals surface area contributed by atoms with E-state index in [1.807, 2.05) is 18.7 Å². The smallest absolute Gasteiger partial charge is 0.248 e. The summed E-state index contributed by atoms with van der Waals surface area (Å²) >= 11 is 0. The fourth-order valence-electron chi connectivity index (χ4n) is 3.56. The number of amides is 2. The van der Waals surface area contributed by atoms with Crippen LogP contribution >= 0.6 is 0 Å². The maximum Gasteiger partial charge on any atom is 0.248 e. The molecule has 3 fully saturated rings. The molecule has 1 N–H and O–H groups in total. The predicted molar refractivity (Wildman–Crippen MR) is 69.5 cm³/mol. The molecule has 3 rings (SSSR count). The van der Waals surface area contributed by atoms with Crippen molar-refractivity contribution in [3.8, 4) is 0 Å². The number of nitrogens with zero attached hydrogens (tertiary/aromatic N) is 1. The normalized spacial score (nSPS) is 42.4. The van der Waals surface area contributed by atoms with Gasteiger partial charge in [0.15, 0.2) is 0 Å². The topological polar surface area (TPSA) is 58.6 Å². The first-order valence-corrected chi connectivity index (χ1v) is 7.31. The first kappa shape index (κ1) is 12.9. The molecule has 2 amide bonds. The zero-order valence-electron chi connectivity index (χ0n) is 11.6. The van der Waals surface area contributed by atoms with Crippen LogP contribution in [0.15, 0.2) is 0 Å². The van der Waals surface area contributed by atoms with Gasteiger partial charge in [-0.15, -0.1) is 0 Å². The number of carbonyl (C=O) groups is 2. The van der Waals surface area contributed by atoms with E-state index in [1.54, 1.807) is 0 Å². The molecule has 0 spiro atoms. The Morgan fingerprint density at radius 1 is 1.42 bits per heavy atom. The number of ether oxygens (including phenoxy) is 1. The fraction of sp³-hybridized carbons (Fsp3) is 0.857. The van der Waals surface area contributed by atoms with E-state index in [9.17, 15) is 9.59 Å². The summed E-state index contributed by atoms with van der Waals surface area (Å²) in [6.07, 6.45) is 4.62. The number of nitrogens with one attached hydrogen (secondary N) is 1. The molecule has 4 atom stereocenters. The van der Waals surface area contributed by atoms with Crippen molar-refractivity contribution in [2.75, 3.05) is 6.54 Å². The van der Waals surface area contributed by atoms with Gasteiger partial charge in [0.05, 0.1) is 18.2 Å². The second kappa shape index (κ2) is 4.47. The lowest BCUT2D eigenvalue weighted by atomic mass is 9.91. The van der Waals surface area contributed by atoms with Gasteiger partial charge < -0.3 is 15.0 Å². The molecule has 0 aliphatic carbocycles. The minimum atomic E-state index is -0.755. The molecule has 3 aliphatic heterocycles. The van der Waals surface area contributed by atoms with Crippen LogP contribution in [0.3, 0.4) is 0 Å². The van der Waals surface area contributed by atoms with E-state index < -0.39 is 5.54 Å². The quantitative estimate of drug-likeness (QED) is 0.805. The molecule has 4 unspecified atom stereocenters. The molecule has 0 aromatic rings. The monoisotopic (exact) mass is 266 g/mol. The summed E-state index contributed by atoms with van der Waals surface area (Å²) in [5.74, 6) is 0.0336. The van der Waals surface area contributed by atoms with Crippen molar-refractivity contribution in [2.24, 2.45) is 0 Å². The lowest BCUT2D eigenvalue weighted by Gasteiger charge is -2.37. The molecule has 5 nitrogen and oxygen atoms in total. The number of hydrogen-bond donors (Lipinski definition) is 1. The average molecular weight is 266 g/mol. The number of carbonyl (C=O) groups excluding carboxylic acids is 2. The highest BCUT2D eigenvalue weighted by molar-refractivity contribution is 5.93.